The second-order valence-electron chi connectivity index (χ2n) is 13.6. The van der Waals surface area contributed by atoms with Gasteiger partial charge in [0.15, 0.2) is 12.4 Å². The van der Waals surface area contributed by atoms with Crippen LogP contribution in [0.5, 0.6) is 0 Å². The molecule has 0 aromatic carbocycles. The molecule has 0 amide bonds. The third-order valence-electron chi connectivity index (χ3n) is 9.88. The summed E-state index contributed by atoms with van der Waals surface area (Å²) in [6, 6.07) is 0. The number of imidazole rings is 1. The highest BCUT2D eigenvalue weighted by atomic mass is 16.7. The summed E-state index contributed by atoms with van der Waals surface area (Å²) >= 11 is 0. The van der Waals surface area contributed by atoms with Crippen LogP contribution >= 0.6 is 0 Å². The number of methoxy groups -OCH3 is 1. The summed E-state index contributed by atoms with van der Waals surface area (Å²) in [5.74, 6) is -1.90. The molecule has 12 nitrogen and oxygen atoms in total. The molecular weight excluding hydrogens is 608 g/mol. The molecule has 0 unspecified atom stereocenters. The Hall–Kier alpha value is -3.13. The minimum atomic E-state index is -1.39. The molecule has 2 N–H and O–H groups in total. The highest BCUT2D eigenvalue weighted by Gasteiger charge is 2.54. The topological polar surface area (TPSA) is 148 Å². The molecule has 47 heavy (non-hydrogen) atoms. The number of aryl methyl sites for hydroxylation is 1. The van der Waals surface area contributed by atoms with Crippen LogP contribution in [0.2, 0.25) is 0 Å². The van der Waals surface area contributed by atoms with Gasteiger partial charge in [0.2, 0.25) is 5.79 Å². The molecule has 0 radical (unpaired) electrons. The average molecular weight is 657 g/mol. The zero-order valence-electron chi connectivity index (χ0n) is 28.2. The number of aliphatic hydroxyl groups excluding tert-OH is 2. The summed E-state index contributed by atoms with van der Waals surface area (Å²) in [5.41, 5.74) is 1.43. The van der Waals surface area contributed by atoms with E-state index >= 15 is 0 Å². The zero-order valence-corrected chi connectivity index (χ0v) is 28.2. The zero-order chi connectivity index (χ0) is 34.1. The van der Waals surface area contributed by atoms with Crippen molar-refractivity contribution < 1.29 is 48.2 Å². The van der Waals surface area contributed by atoms with Crippen molar-refractivity contribution in [2.75, 3.05) is 20.3 Å². The predicted molar refractivity (Wildman–Crippen MR) is 170 cm³/mol. The number of allylic oxidation sites excluding steroid dienone is 3. The van der Waals surface area contributed by atoms with E-state index in [4.69, 9.17) is 28.4 Å². The van der Waals surface area contributed by atoms with Gasteiger partial charge in [-0.3, -0.25) is 4.79 Å². The van der Waals surface area contributed by atoms with Gasteiger partial charge in [0.25, 0.3) is 0 Å². The van der Waals surface area contributed by atoms with Gasteiger partial charge in [-0.05, 0) is 68.6 Å². The Bertz CT molecular complexity index is 1430. The van der Waals surface area contributed by atoms with Gasteiger partial charge in [0.1, 0.15) is 23.9 Å². The van der Waals surface area contributed by atoms with Gasteiger partial charge >= 0.3 is 11.9 Å². The lowest BCUT2D eigenvalue weighted by Gasteiger charge is -2.41. The number of aliphatic hydroxyl groups is 2. The average Bonchev–Trinajstić information content (AvgIpc) is 3.61. The summed E-state index contributed by atoms with van der Waals surface area (Å²) in [7, 11) is 3.40. The number of ether oxygens (including phenoxy) is 6. The number of fused-ring (bicyclic) bond motifs is 3. The fraction of sp³-hybridized carbons (Fsp3) is 0.629. The molecular formula is C35H48N2O10. The van der Waals surface area contributed by atoms with Crippen molar-refractivity contribution in [3.05, 3.63) is 59.7 Å². The number of hydrogen-bond acceptors (Lipinski definition) is 11. The summed E-state index contributed by atoms with van der Waals surface area (Å²) in [6.45, 7) is 9.36. The van der Waals surface area contributed by atoms with Crippen molar-refractivity contribution >= 4 is 18.0 Å². The molecule has 12 heteroatoms. The molecule has 4 aliphatic rings. The third kappa shape index (κ3) is 7.48. The molecule has 1 fully saturated rings. The Morgan fingerprint density at radius 3 is 2.66 bits per heavy atom. The molecule has 0 spiro atoms. The molecule has 4 heterocycles. The fourth-order valence-electron chi connectivity index (χ4n) is 7.17. The lowest BCUT2D eigenvalue weighted by molar-refractivity contribution is -0.277. The van der Waals surface area contributed by atoms with E-state index in [0.29, 0.717) is 23.6 Å². The van der Waals surface area contributed by atoms with Crippen LogP contribution in [0.1, 0.15) is 53.2 Å². The Balaban J connectivity index is 1.49. The van der Waals surface area contributed by atoms with E-state index in [1.54, 1.807) is 30.3 Å². The largest absolute Gasteiger partial charge is 0.456 e. The van der Waals surface area contributed by atoms with Crippen molar-refractivity contribution in [3.8, 4) is 0 Å². The Morgan fingerprint density at radius 2 is 2.00 bits per heavy atom. The van der Waals surface area contributed by atoms with Crippen LogP contribution in [0.4, 0.5) is 0 Å². The van der Waals surface area contributed by atoms with Gasteiger partial charge in [-0.15, -0.1) is 0 Å². The highest BCUT2D eigenvalue weighted by Crippen LogP contribution is 2.49. The lowest BCUT2D eigenvalue weighted by Crippen LogP contribution is -2.55. The lowest BCUT2D eigenvalue weighted by atomic mass is 9.65. The van der Waals surface area contributed by atoms with Crippen molar-refractivity contribution in [2.45, 2.75) is 89.6 Å². The number of hydrogen-bond donors (Lipinski definition) is 2. The van der Waals surface area contributed by atoms with Crippen LogP contribution in [0.25, 0.3) is 6.08 Å². The summed E-state index contributed by atoms with van der Waals surface area (Å²) < 4.78 is 38.1. The van der Waals surface area contributed by atoms with E-state index in [1.807, 2.05) is 26.1 Å². The molecule has 1 aliphatic carbocycles. The second-order valence-corrected chi connectivity index (χ2v) is 13.6. The highest BCUT2D eigenvalue weighted by molar-refractivity contribution is 5.86. The second kappa shape index (κ2) is 14.2. The van der Waals surface area contributed by atoms with Gasteiger partial charge in [-0.25, -0.2) is 9.78 Å². The maximum absolute atomic E-state index is 13.3. The van der Waals surface area contributed by atoms with Crippen LogP contribution < -0.4 is 0 Å². The molecule has 10 atom stereocenters. The molecule has 1 saturated heterocycles. The van der Waals surface area contributed by atoms with E-state index in [9.17, 15) is 19.8 Å². The maximum Gasteiger partial charge on any atom is 0.331 e. The first-order chi connectivity index (χ1) is 22.2. The van der Waals surface area contributed by atoms with Gasteiger partial charge in [0.05, 0.1) is 25.2 Å². The van der Waals surface area contributed by atoms with Crippen LogP contribution in [0.15, 0.2) is 54.1 Å². The van der Waals surface area contributed by atoms with Crippen LogP contribution in [-0.4, -0.2) is 94.1 Å². The Morgan fingerprint density at radius 1 is 1.23 bits per heavy atom. The SMILES string of the molecule is CO[C@]12C=C[C@](C)(O1)[C@H](OC(=O)/C=C/c1cn(C)cn1)C[C@H]1C(C)=CC[C@H](C(C)C)[C@H]1/C=C\2CO[C@@H]1OC[C@@H](O)[C@@H](O)[C@@H]1OC(C)=O. The normalized spacial score (nSPS) is 38.2. The molecule has 3 aliphatic heterocycles. The van der Waals surface area contributed by atoms with E-state index in [1.165, 1.54) is 18.6 Å². The number of aromatic nitrogens is 2. The van der Waals surface area contributed by atoms with Gasteiger partial charge in [-0.2, -0.15) is 0 Å². The number of esters is 2. The summed E-state index contributed by atoms with van der Waals surface area (Å²) in [5, 5.41) is 20.8. The monoisotopic (exact) mass is 656 g/mol. The Kier molecular flexibility index (Phi) is 10.6. The molecule has 1 aromatic rings. The fourth-order valence-corrected chi connectivity index (χ4v) is 7.17. The van der Waals surface area contributed by atoms with Crippen molar-refractivity contribution in [2.24, 2.45) is 30.7 Å². The summed E-state index contributed by atoms with van der Waals surface area (Å²) in [6.07, 6.45) is 10.3. The summed E-state index contributed by atoms with van der Waals surface area (Å²) in [4.78, 5) is 29.4. The number of rotatable bonds is 9. The van der Waals surface area contributed by atoms with E-state index in [-0.39, 0.29) is 31.0 Å². The van der Waals surface area contributed by atoms with Crippen molar-refractivity contribution in [1.29, 1.82) is 0 Å². The predicted octanol–water partition coefficient (Wildman–Crippen LogP) is 3.24. The molecule has 5 rings (SSSR count). The quantitative estimate of drug-likeness (QED) is 0.229. The smallest absolute Gasteiger partial charge is 0.331 e. The van der Waals surface area contributed by atoms with Crippen LogP contribution in [0, 0.1) is 23.7 Å². The maximum atomic E-state index is 13.3. The number of carbonyl (C=O) groups is 2. The van der Waals surface area contributed by atoms with Crippen molar-refractivity contribution in [1.82, 2.24) is 9.55 Å². The molecule has 2 bridgehead atoms. The van der Waals surface area contributed by atoms with Crippen molar-refractivity contribution in [3.63, 3.8) is 0 Å². The first kappa shape index (κ1) is 35.2. The Labute approximate surface area is 276 Å². The van der Waals surface area contributed by atoms with Crippen LogP contribution in [-0.2, 0) is 45.1 Å². The van der Waals surface area contributed by atoms with E-state index in [0.717, 1.165) is 6.42 Å². The first-order valence-electron chi connectivity index (χ1n) is 16.2. The van der Waals surface area contributed by atoms with Crippen LogP contribution in [0.3, 0.4) is 0 Å². The third-order valence-corrected chi connectivity index (χ3v) is 9.88. The minimum absolute atomic E-state index is 0.0137. The molecule has 258 valence electrons. The number of nitrogens with zero attached hydrogens (tertiary/aromatic N) is 2. The molecule has 1 aromatic heterocycles. The van der Waals surface area contributed by atoms with Gasteiger partial charge < -0.3 is 43.2 Å². The molecule has 0 saturated carbocycles. The van der Waals surface area contributed by atoms with Gasteiger partial charge in [-0.1, -0.05) is 31.6 Å². The minimum Gasteiger partial charge on any atom is -0.456 e. The first-order valence-corrected chi connectivity index (χ1v) is 16.2. The number of carbonyl (C=O) groups excluding carboxylic acids is 2. The standard InChI is InChI=1S/C35H48N2O10/c1-20(2)25-10-8-21(3)26-15-29(46-30(40)11-9-24-16-37(6)19-36-24)34(5)12-13-35(42-7,47-34)23(14-27(25)26)17-43-33-32(45-22(4)38)31(41)28(39)18-44-33/h8-9,11-14,16,19-20,25-29,31-33,39,41H,10,15,17-18H2,1-7H3/b11-9+,23-14-/t25-,26+,27-,28-,29-,31-,32+,33-,34+,35-/m1/s1. The van der Waals surface area contributed by atoms with Gasteiger partial charge in [0, 0.05) is 38.9 Å². The van der Waals surface area contributed by atoms with E-state index < -0.39 is 54.0 Å². The van der Waals surface area contributed by atoms with E-state index in [2.05, 4.69) is 37.9 Å².